The number of aryl methyl sites for hydroxylation is 2. The molecule has 0 amide bonds. The second-order valence-corrected chi connectivity index (χ2v) is 7.27. The maximum absolute atomic E-state index is 13.3. The third kappa shape index (κ3) is 3.62. The number of benzene rings is 2. The number of hydrogen-bond donors (Lipinski definition) is 0. The molecule has 1 aliphatic rings. The fourth-order valence-electron chi connectivity index (χ4n) is 3.83. The monoisotopic (exact) mass is 369 g/mol. The molecule has 27 heavy (non-hydrogen) atoms. The maximum atomic E-state index is 13.3. The Balaban J connectivity index is 1.38. The van der Waals surface area contributed by atoms with Crippen molar-refractivity contribution in [1.29, 1.82) is 0 Å². The van der Waals surface area contributed by atoms with Gasteiger partial charge in [-0.15, -0.1) is 0 Å². The number of ether oxygens (including phenoxy) is 1. The smallest absolute Gasteiger partial charge is 0.328 e. The Hall–Kier alpha value is -2.60. The molecule has 0 N–H and O–H groups in total. The highest BCUT2D eigenvalue weighted by atomic mass is 19.1. The zero-order valence-electron chi connectivity index (χ0n) is 15.7. The van der Waals surface area contributed by atoms with Crippen LogP contribution in [0.25, 0.3) is 11.0 Å². The summed E-state index contributed by atoms with van der Waals surface area (Å²) in [6.07, 6.45) is 1.96. The Morgan fingerprint density at radius 1 is 1.04 bits per heavy atom. The van der Waals surface area contributed by atoms with E-state index in [-0.39, 0.29) is 17.6 Å². The van der Waals surface area contributed by atoms with Gasteiger partial charge in [-0.2, -0.15) is 0 Å². The van der Waals surface area contributed by atoms with Crippen LogP contribution in [0, 0.1) is 5.82 Å². The SMILES string of the molecule is Cn1c(=O)n(C)c2cc(CN3CCC(Oc4cccc(F)c4)CC3)ccc21. The first-order valence-electron chi connectivity index (χ1n) is 9.30. The molecule has 3 aromatic rings. The van der Waals surface area contributed by atoms with Gasteiger partial charge in [0.1, 0.15) is 17.7 Å². The molecule has 0 unspecified atom stereocenters. The topological polar surface area (TPSA) is 39.4 Å². The number of aromatic nitrogens is 2. The lowest BCUT2D eigenvalue weighted by atomic mass is 10.1. The Bertz CT molecular complexity index is 1020. The van der Waals surface area contributed by atoms with E-state index in [1.54, 1.807) is 28.3 Å². The molecular formula is C21H24FN3O2. The first kappa shape index (κ1) is 17.8. The lowest BCUT2D eigenvalue weighted by Gasteiger charge is -2.32. The van der Waals surface area contributed by atoms with Gasteiger partial charge in [-0.25, -0.2) is 9.18 Å². The molecule has 2 heterocycles. The van der Waals surface area contributed by atoms with Gasteiger partial charge < -0.3 is 4.74 Å². The third-order valence-electron chi connectivity index (χ3n) is 5.38. The molecule has 0 saturated carbocycles. The fourth-order valence-corrected chi connectivity index (χ4v) is 3.83. The normalized spacial score (nSPS) is 16.1. The molecule has 1 saturated heterocycles. The zero-order chi connectivity index (χ0) is 19.0. The average molecular weight is 369 g/mol. The zero-order valence-corrected chi connectivity index (χ0v) is 15.7. The van der Waals surface area contributed by atoms with Crippen molar-refractivity contribution in [1.82, 2.24) is 14.0 Å². The van der Waals surface area contributed by atoms with E-state index >= 15 is 0 Å². The van der Waals surface area contributed by atoms with Gasteiger partial charge in [0.15, 0.2) is 0 Å². The highest BCUT2D eigenvalue weighted by Crippen LogP contribution is 2.22. The molecule has 1 fully saturated rings. The van der Waals surface area contributed by atoms with Gasteiger partial charge in [0, 0.05) is 39.8 Å². The van der Waals surface area contributed by atoms with E-state index in [9.17, 15) is 9.18 Å². The van der Waals surface area contributed by atoms with Gasteiger partial charge in [-0.1, -0.05) is 12.1 Å². The predicted molar refractivity (Wildman–Crippen MR) is 103 cm³/mol. The summed E-state index contributed by atoms with van der Waals surface area (Å²) in [5.74, 6) is 0.333. The molecule has 1 aliphatic heterocycles. The van der Waals surface area contributed by atoms with Crippen molar-refractivity contribution in [3.05, 3.63) is 64.3 Å². The van der Waals surface area contributed by atoms with Crippen molar-refractivity contribution in [3.8, 4) is 5.75 Å². The van der Waals surface area contributed by atoms with Gasteiger partial charge in [0.2, 0.25) is 0 Å². The first-order valence-corrected chi connectivity index (χ1v) is 9.30. The Morgan fingerprint density at radius 2 is 1.78 bits per heavy atom. The Labute approximate surface area is 157 Å². The van der Waals surface area contributed by atoms with Crippen molar-refractivity contribution in [3.63, 3.8) is 0 Å². The van der Waals surface area contributed by atoms with E-state index in [1.807, 2.05) is 13.1 Å². The second-order valence-electron chi connectivity index (χ2n) is 7.27. The number of rotatable bonds is 4. The number of fused-ring (bicyclic) bond motifs is 1. The molecule has 0 spiro atoms. The predicted octanol–water partition coefficient (Wildman–Crippen LogP) is 3.06. The molecule has 1 aromatic heterocycles. The minimum absolute atomic E-state index is 0.00235. The number of piperidine rings is 1. The number of likely N-dealkylation sites (tertiary alicyclic amines) is 1. The summed E-state index contributed by atoms with van der Waals surface area (Å²) < 4.78 is 22.6. The van der Waals surface area contributed by atoms with Crippen molar-refractivity contribution in [2.24, 2.45) is 14.1 Å². The number of imidazole rings is 1. The molecule has 5 nitrogen and oxygen atoms in total. The van der Waals surface area contributed by atoms with Crippen LogP contribution in [0.4, 0.5) is 4.39 Å². The van der Waals surface area contributed by atoms with E-state index in [0.717, 1.165) is 43.5 Å². The summed E-state index contributed by atoms with van der Waals surface area (Å²) >= 11 is 0. The quantitative estimate of drug-likeness (QED) is 0.710. The van der Waals surface area contributed by atoms with Gasteiger partial charge in [-0.3, -0.25) is 14.0 Å². The highest BCUT2D eigenvalue weighted by molar-refractivity contribution is 5.76. The molecule has 142 valence electrons. The molecule has 0 bridgehead atoms. The minimum atomic E-state index is -0.268. The van der Waals surface area contributed by atoms with Crippen LogP contribution in [0.1, 0.15) is 18.4 Å². The van der Waals surface area contributed by atoms with Gasteiger partial charge in [0.05, 0.1) is 11.0 Å². The lowest BCUT2D eigenvalue weighted by molar-refractivity contribution is 0.0966. The van der Waals surface area contributed by atoms with Crippen LogP contribution < -0.4 is 10.4 Å². The summed E-state index contributed by atoms with van der Waals surface area (Å²) in [6, 6.07) is 12.6. The first-order chi connectivity index (χ1) is 13.0. The van der Waals surface area contributed by atoms with Gasteiger partial charge in [-0.05, 0) is 42.7 Å². The average Bonchev–Trinajstić information content (AvgIpc) is 2.88. The number of hydrogen-bond acceptors (Lipinski definition) is 3. The van der Waals surface area contributed by atoms with Crippen LogP contribution in [0.15, 0.2) is 47.3 Å². The van der Waals surface area contributed by atoms with E-state index < -0.39 is 0 Å². The maximum Gasteiger partial charge on any atom is 0.328 e. The summed E-state index contributed by atoms with van der Waals surface area (Å²) in [5, 5.41) is 0. The molecular weight excluding hydrogens is 345 g/mol. The molecule has 4 rings (SSSR count). The van der Waals surface area contributed by atoms with Crippen molar-refractivity contribution < 1.29 is 9.13 Å². The van der Waals surface area contributed by atoms with Gasteiger partial charge >= 0.3 is 5.69 Å². The van der Waals surface area contributed by atoms with E-state index in [4.69, 9.17) is 4.74 Å². The van der Waals surface area contributed by atoms with Crippen molar-refractivity contribution >= 4 is 11.0 Å². The molecule has 0 aliphatic carbocycles. The second kappa shape index (κ2) is 7.19. The largest absolute Gasteiger partial charge is 0.490 e. The fraction of sp³-hybridized carbons (Fsp3) is 0.381. The molecule has 6 heteroatoms. The van der Waals surface area contributed by atoms with Crippen LogP contribution in [0.5, 0.6) is 5.75 Å². The van der Waals surface area contributed by atoms with Crippen LogP contribution in [-0.4, -0.2) is 33.2 Å². The van der Waals surface area contributed by atoms with Crippen LogP contribution in [-0.2, 0) is 20.6 Å². The lowest BCUT2D eigenvalue weighted by Crippen LogP contribution is -2.37. The highest BCUT2D eigenvalue weighted by Gasteiger charge is 2.21. The minimum Gasteiger partial charge on any atom is -0.490 e. The molecule has 2 aromatic carbocycles. The Morgan fingerprint density at radius 3 is 2.52 bits per heavy atom. The summed E-state index contributed by atoms with van der Waals surface area (Å²) in [4.78, 5) is 14.5. The summed E-state index contributed by atoms with van der Waals surface area (Å²) in [7, 11) is 3.61. The van der Waals surface area contributed by atoms with Crippen molar-refractivity contribution in [2.45, 2.75) is 25.5 Å². The Kier molecular flexibility index (Phi) is 4.74. The number of nitrogens with zero attached hydrogens (tertiary/aromatic N) is 3. The standard InChI is InChI=1S/C21H24FN3O2/c1-23-19-7-6-15(12-20(19)24(2)21(23)26)14-25-10-8-17(9-11-25)27-18-5-3-4-16(22)13-18/h3-7,12-13,17H,8-11,14H2,1-2H3. The van der Waals surface area contributed by atoms with Gasteiger partial charge in [0.25, 0.3) is 0 Å². The summed E-state index contributed by atoms with van der Waals surface area (Å²) in [6.45, 7) is 2.73. The molecule has 0 radical (unpaired) electrons. The van der Waals surface area contributed by atoms with E-state index in [0.29, 0.717) is 5.75 Å². The number of halogens is 1. The summed E-state index contributed by atoms with van der Waals surface area (Å²) in [5.41, 5.74) is 3.11. The molecule has 0 atom stereocenters. The third-order valence-corrected chi connectivity index (χ3v) is 5.38. The van der Waals surface area contributed by atoms with Crippen molar-refractivity contribution in [2.75, 3.05) is 13.1 Å². The van der Waals surface area contributed by atoms with Crippen LogP contribution in [0.3, 0.4) is 0 Å². The van der Waals surface area contributed by atoms with E-state index in [1.165, 1.54) is 17.7 Å². The van der Waals surface area contributed by atoms with Crippen LogP contribution >= 0.6 is 0 Å². The van der Waals surface area contributed by atoms with Crippen LogP contribution in [0.2, 0.25) is 0 Å². The van der Waals surface area contributed by atoms with E-state index in [2.05, 4.69) is 17.0 Å².